The number of halogens is 24. The number of hydrogen-bond acceptors (Lipinski definition) is 1. The van der Waals surface area contributed by atoms with E-state index in [9.17, 15) is 110 Å². The number of Topliss-reactive ketones (excluding diaryl/α,β-unsaturated/α-hetero) is 1. The fraction of sp³-hybridized carbons (Fsp3) is 0.175. The minimum atomic E-state index is -6.13. The van der Waals surface area contributed by atoms with Crippen molar-refractivity contribution < 1.29 is 110 Å². The summed E-state index contributed by atoms with van der Waals surface area (Å²) in [5, 5.41) is 7.77. The zero-order chi connectivity index (χ0) is 62.3. The molecule has 0 aliphatic rings. The van der Waals surface area contributed by atoms with Crippen molar-refractivity contribution in [2.45, 2.75) is 54.3 Å². The lowest BCUT2D eigenvalue weighted by atomic mass is 9.12. The maximum Gasteiger partial charge on any atom is 0.416 e. The van der Waals surface area contributed by atoms with E-state index in [0.717, 1.165) is 5.56 Å². The lowest BCUT2D eigenvalue weighted by molar-refractivity contribution is -0.144. The van der Waals surface area contributed by atoms with Gasteiger partial charge in [-0.15, -0.1) is 0 Å². The fourth-order valence-electron chi connectivity index (χ4n) is 10.1. The number of carbonyl (C=O) groups excluding carboxylic acids is 1. The van der Waals surface area contributed by atoms with Crippen LogP contribution in [0.3, 0.4) is 0 Å². The summed E-state index contributed by atoms with van der Waals surface area (Å²) in [4.78, 5) is 14.0. The highest BCUT2D eigenvalue weighted by Crippen LogP contribution is 2.43. The molecule has 84 heavy (non-hydrogen) atoms. The summed E-state index contributed by atoms with van der Waals surface area (Å²) >= 11 is 0. The van der Waals surface area contributed by atoms with E-state index in [1.165, 1.54) is 37.2 Å². The molecular weight excluding hydrogens is 1200 g/mol. The van der Waals surface area contributed by atoms with Crippen molar-refractivity contribution in [2.75, 3.05) is 12.0 Å². The number of alkyl halides is 24. The van der Waals surface area contributed by atoms with Gasteiger partial charge in [-0.1, -0.05) is 115 Å². The van der Waals surface area contributed by atoms with Crippen molar-refractivity contribution in [3.63, 3.8) is 0 Å². The minimum Gasteiger partial charge on any atom is -0.289 e. The van der Waals surface area contributed by atoms with Crippen LogP contribution in [-0.4, -0.2) is 23.9 Å². The number of rotatable bonds is 8. The van der Waals surface area contributed by atoms with E-state index in [4.69, 9.17) is 0 Å². The number of hydrogen-bond donors (Lipinski definition) is 0. The van der Waals surface area contributed by atoms with E-state index >= 15 is 0 Å². The first kappa shape index (κ1) is 62.5. The molecule has 0 radical (unpaired) electrons. The van der Waals surface area contributed by atoms with Gasteiger partial charge in [0.2, 0.25) is 5.78 Å². The van der Waals surface area contributed by atoms with E-state index in [2.05, 4.69) is 60.9 Å². The molecule has 0 fully saturated rings. The summed E-state index contributed by atoms with van der Waals surface area (Å²) < 4.78 is 341. The maximum absolute atomic E-state index is 14.2. The van der Waals surface area contributed by atoms with Crippen LogP contribution in [0.1, 0.15) is 54.9 Å². The average Bonchev–Trinajstić information content (AvgIpc) is 1.13. The minimum absolute atomic E-state index is 0.146. The third-order valence-corrected chi connectivity index (χ3v) is 15.5. The largest absolute Gasteiger partial charge is 0.416 e. The third-order valence-electron chi connectivity index (χ3n) is 13.7. The molecule has 0 spiro atoms. The van der Waals surface area contributed by atoms with Gasteiger partial charge in [0, 0.05) is 27.2 Å². The van der Waals surface area contributed by atoms with Crippen molar-refractivity contribution in [1.82, 2.24) is 0 Å². The fourth-order valence-corrected chi connectivity index (χ4v) is 11.6. The second-order valence-electron chi connectivity index (χ2n) is 19.2. The second-order valence-corrected chi connectivity index (χ2v) is 21.2. The molecule has 0 aromatic heterocycles. The van der Waals surface area contributed by atoms with E-state index in [1.807, 2.05) is 30.3 Å². The molecule has 0 aliphatic heterocycles. The van der Waals surface area contributed by atoms with Gasteiger partial charge in [-0.3, -0.25) is 4.79 Å². The van der Waals surface area contributed by atoms with Gasteiger partial charge in [0.05, 0.1) is 44.5 Å². The van der Waals surface area contributed by atoms with Crippen LogP contribution in [0.15, 0.2) is 163 Å². The zero-order valence-corrected chi connectivity index (χ0v) is 42.5. The molecule has 1 unspecified atom stereocenters. The summed E-state index contributed by atoms with van der Waals surface area (Å²) in [6.45, 7) is 0. The number of ketones is 1. The number of carbonyl (C=O) groups is 1. The summed E-state index contributed by atoms with van der Waals surface area (Å²) in [5.74, 6) is 0.765. The molecule has 9 rings (SSSR count). The van der Waals surface area contributed by atoms with Crippen LogP contribution in [-0.2, 0) is 60.3 Å². The van der Waals surface area contributed by atoms with E-state index in [1.54, 1.807) is 0 Å². The van der Waals surface area contributed by atoms with Gasteiger partial charge < -0.3 is 0 Å². The van der Waals surface area contributed by atoms with Crippen molar-refractivity contribution in [3.05, 3.63) is 208 Å². The third kappa shape index (κ3) is 12.7. The molecule has 0 aliphatic carbocycles. The predicted octanol–water partition coefficient (Wildman–Crippen LogP) is 17.3. The van der Waals surface area contributed by atoms with Crippen LogP contribution >= 0.6 is 0 Å². The average molecular weight is 1230 g/mol. The molecule has 0 bridgehead atoms. The molecule has 1 nitrogen and oxygen atoms in total. The molecule has 0 N–H and O–H groups in total. The van der Waals surface area contributed by atoms with E-state index < -0.39 is 195 Å². The van der Waals surface area contributed by atoms with Crippen LogP contribution in [0.4, 0.5) is 105 Å². The van der Waals surface area contributed by atoms with Gasteiger partial charge in [0.1, 0.15) is 12.4 Å². The maximum atomic E-state index is 14.2. The predicted molar refractivity (Wildman–Crippen MR) is 267 cm³/mol. The lowest BCUT2D eigenvalue weighted by Gasteiger charge is -2.46. The Kier molecular flexibility index (Phi) is 16.0. The summed E-state index contributed by atoms with van der Waals surface area (Å²) in [7, 11) is -0.146. The first-order valence-corrected chi connectivity index (χ1v) is 25.5. The molecule has 0 saturated carbocycles. The Hall–Kier alpha value is -7.58. The molecule has 0 amide bonds. The van der Waals surface area contributed by atoms with Crippen LogP contribution < -0.4 is 21.9 Å². The second kappa shape index (κ2) is 21.5. The van der Waals surface area contributed by atoms with Crippen molar-refractivity contribution in [2.24, 2.45) is 0 Å². The Balaban J connectivity index is 0.000000280. The van der Waals surface area contributed by atoms with Crippen molar-refractivity contribution in [3.8, 4) is 0 Å². The van der Waals surface area contributed by atoms with Crippen molar-refractivity contribution >= 4 is 77.0 Å². The van der Waals surface area contributed by atoms with Gasteiger partial charge in [0.15, 0.2) is 10.6 Å². The summed E-state index contributed by atoms with van der Waals surface area (Å²) in [6.07, 6.45) is -52.6. The molecule has 442 valence electrons. The molecule has 0 saturated heterocycles. The highest BCUT2D eigenvalue weighted by atomic mass is 32.2. The van der Waals surface area contributed by atoms with Crippen LogP contribution in [0, 0.1) is 0 Å². The zero-order valence-electron chi connectivity index (χ0n) is 41.7. The first-order valence-electron chi connectivity index (χ1n) is 23.7. The van der Waals surface area contributed by atoms with Gasteiger partial charge >= 0.3 is 49.4 Å². The molecule has 9 aromatic rings. The van der Waals surface area contributed by atoms with Crippen LogP contribution in [0.25, 0.3) is 32.3 Å². The molecule has 27 heteroatoms. The normalized spacial score (nSPS) is 13.8. The summed E-state index contributed by atoms with van der Waals surface area (Å²) in [6, 6.07) is 20.6. The van der Waals surface area contributed by atoms with Gasteiger partial charge in [-0.2, -0.15) is 127 Å². The van der Waals surface area contributed by atoms with Crippen molar-refractivity contribution in [1.29, 1.82) is 0 Å². The van der Waals surface area contributed by atoms with E-state index in [-0.39, 0.29) is 16.7 Å². The number of benzene rings is 9. The standard InChI is InChI=1S/C32H12BF24.C25H19OS/c34-25(35,36)13-1-14(26(37,38)39)6-21(5-13)33(22-7-15(27(40,41)42)2-16(8-22)28(43,44)45,23-9-17(29(46,47)48)3-18(10-23)30(49,50)51)24-11-19(31(52,53)54)4-20(12-24)32(55,56)57;1-27(16-22(26)17-6-3-2-4-7-17)23-15-13-20-11-10-18-8-5-9-19-12-14-21(23)25(20)24(18)19/h1-12H;2-15H,16H2,1H3/q-1;+1. The molecule has 1 atom stereocenters. The van der Waals surface area contributed by atoms with Gasteiger partial charge in [0.25, 0.3) is 0 Å². The monoisotopic (exact) mass is 1230 g/mol. The highest BCUT2D eigenvalue weighted by molar-refractivity contribution is 7.97. The van der Waals surface area contributed by atoms with Crippen LogP contribution in [0.2, 0.25) is 0 Å². The Morgan fingerprint density at radius 3 is 0.905 bits per heavy atom. The lowest BCUT2D eigenvalue weighted by Crippen LogP contribution is -2.75. The van der Waals surface area contributed by atoms with Gasteiger partial charge in [-0.25, -0.2) is 0 Å². The first-order chi connectivity index (χ1) is 38.5. The SMILES string of the molecule is C[S+](CC(=O)c1ccccc1)c1ccc2ccc3cccc4ccc1c2c34.FC(F)(F)c1cc([B-](c2cc(C(F)(F)F)cc(C(F)(F)F)c2)(c2cc(C(F)(F)F)cc(C(F)(F)F)c2)c2cc(C(F)(F)F)cc(C(F)(F)F)c2)cc(C(F)(F)F)c1. The molecule has 0 heterocycles. The Morgan fingerprint density at radius 1 is 0.333 bits per heavy atom. The van der Waals surface area contributed by atoms with E-state index in [0.29, 0.717) is 5.75 Å². The molecular formula is C57H31BF24OS. The molecule has 9 aromatic carbocycles. The van der Waals surface area contributed by atoms with Gasteiger partial charge in [-0.05, 0) is 64.0 Å². The Morgan fingerprint density at radius 2 is 0.607 bits per heavy atom. The topological polar surface area (TPSA) is 17.1 Å². The quantitative estimate of drug-likeness (QED) is 0.0487. The smallest absolute Gasteiger partial charge is 0.289 e. The summed E-state index contributed by atoms with van der Waals surface area (Å²) in [5.41, 5.74) is -29.4. The highest BCUT2D eigenvalue weighted by Gasteiger charge is 2.47. The van der Waals surface area contributed by atoms with Crippen LogP contribution in [0.5, 0.6) is 0 Å². The Labute approximate surface area is 460 Å². The Bertz CT molecular complexity index is 3470.